The van der Waals surface area contributed by atoms with Crippen LogP contribution in [-0.2, 0) is 52.2 Å². The summed E-state index contributed by atoms with van der Waals surface area (Å²) in [6.45, 7) is 15.1. The molecule has 256 valence electrons. The molecule has 0 aromatic carbocycles. The van der Waals surface area contributed by atoms with Crippen LogP contribution in [-0.4, -0.2) is 156 Å². The zero-order valence-electron chi connectivity index (χ0n) is 26.5. The highest BCUT2D eigenvalue weighted by Crippen LogP contribution is 2.06. The van der Waals surface area contributed by atoms with E-state index >= 15 is 0 Å². The van der Waals surface area contributed by atoms with E-state index in [2.05, 4.69) is 10.6 Å². The number of nitrogens with two attached hydrogens (primary N) is 1. The van der Waals surface area contributed by atoms with Crippen LogP contribution in [0, 0.1) is 0 Å². The molecule has 0 heterocycles. The Morgan fingerprint density at radius 2 is 0.791 bits per heavy atom. The fraction of sp³-hybridized carbons (Fsp3) is 0.929. The number of rotatable bonds is 32. The predicted molar refractivity (Wildman–Crippen MR) is 158 cm³/mol. The van der Waals surface area contributed by atoms with E-state index in [1.165, 1.54) is 0 Å². The standard InChI is InChI=1S/C28H57N3O12/c1-28(2,3)43-27(33)31-7-6-30-26(32)4-8-34-10-12-36-14-16-38-18-20-40-22-24-42-25-23-41-21-19-39-17-15-37-13-11-35-9-5-29/h4-25,29H2,1-3H3,(H,30,32)(H,31,33). The summed E-state index contributed by atoms with van der Waals surface area (Å²) in [4.78, 5) is 23.3. The van der Waals surface area contributed by atoms with Gasteiger partial charge in [-0.25, -0.2) is 4.79 Å². The molecule has 0 saturated heterocycles. The van der Waals surface area contributed by atoms with Crippen LogP contribution in [0.1, 0.15) is 27.2 Å². The Hall–Kier alpha value is -1.66. The fourth-order valence-corrected chi connectivity index (χ4v) is 2.88. The molecule has 2 amide bonds. The number of hydrogen-bond donors (Lipinski definition) is 3. The van der Waals surface area contributed by atoms with Gasteiger partial charge in [0.05, 0.1) is 119 Å². The van der Waals surface area contributed by atoms with Crippen LogP contribution in [0.4, 0.5) is 4.79 Å². The highest BCUT2D eigenvalue weighted by atomic mass is 16.6. The molecule has 0 rings (SSSR count). The molecule has 15 heteroatoms. The number of ether oxygens (including phenoxy) is 10. The molecule has 0 fully saturated rings. The Labute approximate surface area is 256 Å². The largest absolute Gasteiger partial charge is 0.444 e. The first-order valence-electron chi connectivity index (χ1n) is 15.0. The molecule has 0 aliphatic carbocycles. The van der Waals surface area contributed by atoms with Crippen LogP contribution in [0.2, 0.25) is 0 Å². The van der Waals surface area contributed by atoms with Gasteiger partial charge in [0.15, 0.2) is 0 Å². The van der Waals surface area contributed by atoms with E-state index in [1.54, 1.807) is 20.8 Å². The Morgan fingerprint density at radius 1 is 0.488 bits per heavy atom. The van der Waals surface area contributed by atoms with Crippen LogP contribution in [0.3, 0.4) is 0 Å². The summed E-state index contributed by atoms with van der Waals surface area (Å²) >= 11 is 0. The third-order valence-electron chi connectivity index (χ3n) is 4.83. The average molecular weight is 628 g/mol. The number of carbonyl (C=O) groups excluding carboxylic acids is 2. The van der Waals surface area contributed by atoms with Crippen molar-refractivity contribution in [2.24, 2.45) is 5.73 Å². The number of carbonyl (C=O) groups is 2. The summed E-state index contributed by atoms with van der Waals surface area (Å²) in [5.74, 6) is -0.153. The molecule has 0 bridgehead atoms. The summed E-state index contributed by atoms with van der Waals surface area (Å²) in [7, 11) is 0. The minimum atomic E-state index is -0.555. The van der Waals surface area contributed by atoms with Crippen molar-refractivity contribution in [1.82, 2.24) is 10.6 Å². The highest BCUT2D eigenvalue weighted by Gasteiger charge is 2.15. The van der Waals surface area contributed by atoms with Gasteiger partial charge in [-0.15, -0.1) is 0 Å². The number of hydrogen-bond acceptors (Lipinski definition) is 13. The van der Waals surface area contributed by atoms with Crippen LogP contribution < -0.4 is 16.4 Å². The molecule has 0 aromatic rings. The summed E-state index contributed by atoms with van der Waals surface area (Å²) in [6.07, 6.45) is -0.281. The highest BCUT2D eigenvalue weighted by molar-refractivity contribution is 5.76. The maximum Gasteiger partial charge on any atom is 0.407 e. The van der Waals surface area contributed by atoms with E-state index in [0.29, 0.717) is 132 Å². The van der Waals surface area contributed by atoms with Crippen molar-refractivity contribution in [2.75, 3.05) is 139 Å². The molecular formula is C28H57N3O12. The fourth-order valence-electron chi connectivity index (χ4n) is 2.88. The van der Waals surface area contributed by atoms with Crippen molar-refractivity contribution < 1.29 is 57.0 Å². The Kier molecular flexibility index (Phi) is 30.5. The summed E-state index contributed by atoms with van der Waals surface area (Å²) in [5.41, 5.74) is 4.77. The molecule has 15 nitrogen and oxygen atoms in total. The molecule has 0 aliphatic heterocycles. The van der Waals surface area contributed by atoms with Crippen LogP contribution in [0.15, 0.2) is 0 Å². The van der Waals surface area contributed by atoms with Gasteiger partial charge in [0.25, 0.3) is 0 Å². The third-order valence-corrected chi connectivity index (χ3v) is 4.83. The van der Waals surface area contributed by atoms with Gasteiger partial charge in [-0.1, -0.05) is 0 Å². The van der Waals surface area contributed by atoms with Gasteiger partial charge in [-0.05, 0) is 20.8 Å². The number of amides is 2. The summed E-state index contributed by atoms with van der Waals surface area (Å²) < 4.78 is 53.6. The lowest BCUT2D eigenvalue weighted by molar-refractivity contribution is -0.122. The molecular weight excluding hydrogens is 570 g/mol. The van der Waals surface area contributed by atoms with Crippen molar-refractivity contribution in [2.45, 2.75) is 32.8 Å². The quantitative estimate of drug-likeness (QED) is 0.0859. The molecule has 43 heavy (non-hydrogen) atoms. The van der Waals surface area contributed by atoms with E-state index < -0.39 is 11.7 Å². The van der Waals surface area contributed by atoms with E-state index in [1.807, 2.05) is 0 Å². The molecule has 0 aliphatic rings. The molecule has 0 aromatic heterocycles. The normalized spacial score (nSPS) is 11.5. The maximum absolute atomic E-state index is 11.7. The minimum absolute atomic E-state index is 0.153. The van der Waals surface area contributed by atoms with Gasteiger partial charge in [0.1, 0.15) is 5.60 Å². The number of nitrogens with one attached hydrogen (secondary N) is 2. The van der Waals surface area contributed by atoms with Crippen molar-refractivity contribution in [3.05, 3.63) is 0 Å². The lowest BCUT2D eigenvalue weighted by Crippen LogP contribution is -2.38. The van der Waals surface area contributed by atoms with Crippen LogP contribution in [0.25, 0.3) is 0 Å². The summed E-state index contributed by atoms with van der Waals surface area (Å²) in [6, 6.07) is 0. The smallest absolute Gasteiger partial charge is 0.407 e. The van der Waals surface area contributed by atoms with Gasteiger partial charge >= 0.3 is 6.09 Å². The second-order valence-electron chi connectivity index (χ2n) is 9.83. The van der Waals surface area contributed by atoms with Gasteiger partial charge in [0.2, 0.25) is 5.91 Å². The number of alkyl carbamates (subject to hydrolysis) is 1. The van der Waals surface area contributed by atoms with Gasteiger partial charge in [-0.3, -0.25) is 4.79 Å². The topological polar surface area (TPSA) is 177 Å². The monoisotopic (exact) mass is 627 g/mol. The van der Waals surface area contributed by atoms with Crippen molar-refractivity contribution in [3.8, 4) is 0 Å². The van der Waals surface area contributed by atoms with Crippen molar-refractivity contribution >= 4 is 12.0 Å². The lowest BCUT2D eigenvalue weighted by atomic mass is 10.2. The van der Waals surface area contributed by atoms with Gasteiger partial charge in [-0.2, -0.15) is 0 Å². The molecule has 4 N–H and O–H groups in total. The molecule has 0 atom stereocenters. The van der Waals surface area contributed by atoms with Crippen LogP contribution >= 0.6 is 0 Å². The van der Waals surface area contributed by atoms with E-state index in [-0.39, 0.29) is 18.9 Å². The Balaban J connectivity index is 3.17. The Morgan fingerprint density at radius 3 is 1.12 bits per heavy atom. The van der Waals surface area contributed by atoms with E-state index in [0.717, 1.165) is 0 Å². The SMILES string of the molecule is CC(C)(C)OC(=O)NCCNC(=O)CCOCCOCCOCCOCCOCCOCCOCCOCCOCCN. The molecule has 0 spiro atoms. The molecule has 0 radical (unpaired) electrons. The zero-order valence-corrected chi connectivity index (χ0v) is 26.5. The first-order valence-corrected chi connectivity index (χ1v) is 15.0. The molecule has 0 saturated carbocycles. The molecule has 0 unspecified atom stereocenters. The third kappa shape index (κ3) is 36.4. The zero-order chi connectivity index (χ0) is 31.7. The second-order valence-corrected chi connectivity index (χ2v) is 9.83. The van der Waals surface area contributed by atoms with Gasteiger partial charge < -0.3 is 63.7 Å². The predicted octanol–water partition coefficient (Wildman–Crippen LogP) is 0.126. The lowest BCUT2D eigenvalue weighted by Gasteiger charge is -2.19. The van der Waals surface area contributed by atoms with E-state index in [9.17, 15) is 9.59 Å². The average Bonchev–Trinajstić information content (AvgIpc) is 2.96. The van der Waals surface area contributed by atoms with Crippen LogP contribution in [0.5, 0.6) is 0 Å². The van der Waals surface area contributed by atoms with Crippen molar-refractivity contribution in [3.63, 3.8) is 0 Å². The Bertz CT molecular complexity index is 626. The first kappa shape index (κ1) is 41.3. The maximum atomic E-state index is 11.7. The van der Waals surface area contributed by atoms with Gasteiger partial charge in [0, 0.05) is 26.1 Å². The first-order chi connectivity index (χ1) is 20.8. The second kappa shape index (κ2) is 31.8. The minimum Gasteiger partial charge on any atom is -0.444 e. The summed E-state index contributed by atoms with van der Waals surface area (Å²) in [5, 5.41) is 5.28. The van der Waals surface area contributed by atoms with Crippen molar-refractivity contribution in [1.29, 1.82) is 0 Å². The van der Waals surface area contributed by atoms with E-state index in [4.69, 9.17) is 53.1 Å².